The molecule has 0 N–H and O–H groups in total. The molecule has 0 saturated heterocycles. The fourth-order valence-electron chi connectivity index (χ4n) is 2.05. The molecule has 2 rings (SSSR count). The van der Waals surface area contributed by atoms with Crippen LogP contribution in [0.5, 0.6) is 0 Å². The van der Waals surface area contributed by atoms with Crippen molar-refractivity contribution in [2.45, 2.75) is 0 Å². The van der Waals surface area contributed by atoms with Gasteiger partial charge in [-0.15, -0.1) is 0 Å². The molecular formula is C20H18N2O. The Kier molecular flexibility index (Phi) is 5.49. The number of Topliss-reactive ketones (excluding diaryl/α,β-unsaturated/α-hetero) is 1. The lowest BCUT2D eigenvalue weighted by atomic mass is 10.0. The summed E-state index contributed by atoms with van der Waals surface area (Å²) >= 11 is 0. The summed E-state index contributed by atoms with van der Waals surface area (Å²) in [5.41, 5.74) is 2.77. The van der Waals surface area contributed by atoms with Gasteiger partial charge in [-0.25, -0.2) is 0 Å². The molecule has 0 amide bonds. The minimum Gasteiger partial charge on any atom is -0.378 e. The van der Waals surface area contributed by atoms with Crippen molar-refractivity contribution in [2.24, 2.45) is 0 Å². The Hall–Kier alpha value is -3.12. The van der Waals surface area contributed by atoms with E-state index < -0.39 is 0 Å². The van der Waals surface area contributed by atoms with E-state index in [1.165, 1.54) is 0 Å². The fraction of sp³-hybridized carbons (Fsp3) is 0.100. The third-order valence-electron chi connectivity index (χ3n) is 3.36. The first-order valence-corrected chi connectivity index (χ1v) is 7.27. The second-order valence-electron chi connectivity index (χ2n) is 5.23. The van der Waals surface area contributed by atoms with Crippen molar-refractivity contribution in [2.75, 3.05) is 19.0 Å². The monoisotopic (exact) mass is 302 g/mol. The van der Waals surface area contributed by atoms with E-state index in [9.17, 15) is 10.1 Å². The SMILES string of the molecule is CN(C)c1ccc(C=CC=C(C#N)C(=O)c2ccccc2)cc1. The summed E-state index contributed by atoms with van der Waals surface area (Å²) in [6, 6.07) is 18.8. The summed E-state index contributed by atoms with van der Waals surface area (Å²) in [5.74, 6) is -0.263. The number of rotatable bonds is 5. The number of allylic oxidation sites excluding steroid dienone is 3. The van der Waals surface area contributed by atoms with Gasteiger partial charge in [0.15, 0.2) is 0 Å². The lowest BCUT2D eigenvalue weighted by molar-refractivity contribution is 0.103. The molecule has 0 saturated carbocycles. The van der Waals surface area contributed by atoms with E-state index in [1.807, 2.05) is 61.5 Å². The van der Waals surface area contributed by atoms with Crippen molar-refractivity contribution in [3.8, 4) is 6.07 Å². The Balaban J connectivity index is 2.13. The van der Waals surface area contributed by atoms with Gasteiger partial charge in [0.05, 0.1) is 5.57 Å². The number of ketones is 1. The van der Waals surface area contributed by atoms with E-state index in [0.717, 1.165) is 11.3 Å². The Bertz CT molecular complexity index is 764. The number of carbonyl (C=O) groups is 1. The van der Waals surface area contributed by atoms with Gasteiger partial charge in [-0.1, -0.05) is 54.6 Å². The van der Waals surface area contributed by atoms with Crippen molar-refractivity contribution in [3.63, 3.8) is 0 Å². The molecule has 0 bridgehead atoms. The highest BCUT2D eigenvalue weighted by molar-refractivity contribution is 6.11. The molecule has 3 nitrogen and oxygen atoms in total. The molecular weight excluding hydrogens is 284 g/mol. The largest absolute Gasteiger partial charge is 0.378 e. The van der Waals surface area contributed by atoms with E-state index in [-0.39, 0.29) is 11.4 Å². The second kappa shape index (κ2) is 7.77. The molecule has 0 aliphatic rings. The topological polar surface area (TPSA) is 44.1 Å². The maximum atomic E-state index is 12.2. The van der Waals surface area contributed by atoms with Crippen LogP contribution in [-0.2, 0) is 0 Å². The van der Waals surface area contributed by atoms with Crippen molar-refractivity contribution in [3.05, 3.63) is 83.4 Å². The molecule has 114 valence electrons. The standard InChI is InChI=1S/C20H18N2O/c1-22(2)19-13-11-16(12-14-19)7-6-10-18(15-21)20(23)17-8-4-3-5-9-17/h3-14H,1-2H3. The van der Waals surface area contributed by atoms with Crippen LogP contribution in [0.1, 0.15) is 15.9 Å². The molecule has 0 aliphatic carbocycles. The van der Waals surface area contributed by atoms with Gasteiger partial charge in [-0.05, 0) is 23.8 Å². The molecule has 23 heavy (non-hydrogen) atoms. The summed E-state index contributed by atoms with van der Waals surface area (Å²) in [6.45, 7) is 0. The minimum absolute atomic E-state index is 0.123. The van der Waals surface area contributed by atoms with Gasteiger partial charge >= 0.3 is 0 Å². The van der Waals surface area contributed by atoms with Crippen LogP contribution >= 0.6 is 0 Å². The van der Waals surface area contributed by atoms with Gasteiger partial charge in [0.25, 0.3) is 0 Å². The normalized spacial score (nSPS) is 11.3. The third kappa shape index (κ3) is 4.42. The van der Waals surface area contributed by atoms with Crippen molar-refractivity contribution >= 4 is 17.5 Å². The number of hydrogen-bond donors (Lipinski definition) is 0. The number of nitriles is 1. The molecule has 0 heterocycles. The number of anilines is 1. The molecule has 0 unspecified atom stereocenters. The maximum absolute atomic E-state index is 12.2. The van der Waals surface area contributed by atoms with Crippen molar-refractivity contribution in [1.29, 1.82) is 5.26 Å². The summed E-state index contributed by atoms with van der Waals surface area (Å²) in [5, 5.41) is 9.17. The fourth-order valence-corrected chi connectivity index (χ4v) is 2.05. The van der Waals surface area contributed by atoms with E-state index >= 15 is 0 Å². The molecule has 0 fully saturated rings. The Morgan fingerprint density at radius 2 is 1.70 bits per heavy atom. The molecule has 2 aromatic carbocycles. The van der Waals surface area contributed by atoms with Gasteiger partial charge < -0.3 is 4.90 Å². The summed E-state index contributed by atoms with van der Waals surface area (Å²) in [6.07, 6.45) is 5.15. The van der Waals surface area contributed by atoms with Crippen LogP contribution in [0.25, 0.3) is 6.08 Å². The number of hydrogen-bond acceptors (Lipinski definition) is 3. The predicted octanol–water partition coefficient (Wildman–Crippen LogP) is 4.10. The summed E-state index contributed by atoms with van der Waals surface area (Å²) < 4.78 is 0. The predicted molar refractivity (Wildman–Crippen MR) is 94.3 cm³/mol. The quantitative estimate of drug-likeness (QED) is 0.361. The van der Waals surface area contributed by atoms with E-state index in [1.54, 1.807) is 36.4 Å². The zero-order valence-corrected chi connectivity index (χ0v) is 13.2. The van der Waals surface area contributed by atoms with E-state index in [0.29, 0.717) is 5.56 Å². The van der Waals surface area contributed by atoms with Crippen LogP contribution in [0.3, 0.4) is 0 Å². The van der Waals surface area contributed by atoms with Gasteiger partial charge in [-0.2, -0.15) is 5.26 Å². The molecule has 0 radical (unpaired) electrons. The van der Waals surface area contributed by atoms with E-state index in [2.05, 4.69) is 0 Å². The van der Waals surface area contributed by atoms with Crippen molar-refractivity contribution < 1.29 is 4.79 Å². The minimum atomic E-state index is -0.263. The molecule has 2 aromatic rings. The van der Waals surface area contributed by atoms with Crippen LogP contribution in [0.15, 0.2) is 72.3 Å². The highest BCUT2D eigenvalue weighted by atomic mass is 16.1. The Morgan fingerprint density at radius 3 is 2.26 bits per heavy atom. The Labute approximate surface area is 136 Å². The second-order valence-corrected chi connectivity index (χ2v) is 5.23. The maximum Gasteiger partial charge on any atom is 0.203 e. The first-order chi connectivity index (χ1) is 11.1. The summed E-state index contributed by atoms with van der Waals surface area (Å²) in [4.78, 5) is 14.2. The summed E-state index contributed by atoms with van der Waals surface area (Å²) in [7, 11) is 3.98. The van der Waals surface area contributed by atoms with Gasteiger partial charge in [0.2, 0.25) is 5.78 Å². The highest BCUT2D eigenvalue weighted by Gasteiger charge is 2.09. The van der Waals surface area contributed by atoms with Gasteiger partial charge in [-0.3, -0.25) is 4.79 Å². The van der Waals surface area contributed by atoms with Crippen LogP contribution in [0, 0.1) is 11.3 Å². The smallest absolute Gasteiger partial charge is 0.203 e. The molecule has 0 aliphatic heterocycles. The first-order valence-electron chi connectivity index (χ1n) is 7.27. The van der Waals surface area contributed by atoms with Crippen LogP contribution in [0.4, 0.5) is 5.69 Å². The van der Waals surface area contributed by atoms with Crippen LogP contribution < -0.4 is 4.90 Å². The zero-order chi connectivity index (χ0) is 16.7. The van der Waals surface area contributed by atoms with Gasteiger partial charge in [0, 0.05) is 25.3 Å². The van der Waals surface area contributed by atoms with Gasteiger partial charge in [0.1, 0.15) is 6.07 Å². The Morgan fingerprint density at radius 1 is 1.04 bits per heavy atom. The number of carbonyl (C=O) groups excluding carboxylic acids is 1. The lowest BCUT2D eigenvalue weighted by Gasteiger charge is -2.11. The third-order valence-corrected chi connectivity index (χ3v) is 3.36. The molecule has 0 atom stereocenters. The van der Waals surface area contributed by atoms with Crippen LogP contribution in [0.2, 0.25) is 0 Å². The average Bonchev–Trinajstić information content (AvgIpc) is 2.59. The highest BCUT2D eigenvalue weighted by Crippen LogP contribution is 2.14. The number of nitrogens with zero attached hydrogens (tertiary/aromatic N) is 2. The molecule has 0 aromatic heterocycles. The molecule has 0 spiro atoms. The van der Waals surface area contributed by atoms with E-state index in [4.69, 9.17) is 0 Å². The lowest BCUT2D eigenvalue weighted by Crippen LogP contribution is -2.07. The zero-order valence-electron chi connectivity index (χ0n) is 13.2. The average molecular weight is 302 g/mol. The van der Waals surface area contributed by atoms with Crippen molar-refractivity contribution in [1.82, 2.24) is 0 Å². The molecule has 3 heteroatoms. The number of benzene rings is 2. The first kappa shape index (κ1) is 16.3. The van der Waals surface area contributed by atoms with Crippen LogP contribution in [-0.4, -0.2) is 19.9 Å².